The van der Waals surface area contributed by atoms with Crippen molar-refractivity contribution in [3.63, 3.8) is 0 Å². The Hall–Kier alpha value is -1.37. The number of nitrogens with zero attached hydrogens (tertiary/aromatic N) is 1. The van der Waals surface area contributed by atoms with Crippen LogP contribution in [0.5, 0.6) is 0 Å². The van der Waals surface area contributed by atoms with Gasteiger partial charge in [0.05, 0.1) is 18.7 Å². The number of benzene rings is 1. The van der Waals surface area contributed by atoms with Crippen molar-refractivity contribution in [3.8, 4) is 6.07 Å². The molecule has 0 aliphatic heterocycles. The number of nitrogens with one attached hydrogen (secondary N) is 1. The highest BCUT2D eigenvalue weighted by atomic mass is 16.3. The Bertz CT molecular complexity index is 406. The zero-order valence-corrected chi connectivity index (χ0v) is 10.1. The zero-order chi connectivity index (χ0) is 12.3. The maximum atomic E-state index is 9.44. The molecule has 0 spiro atoms. The van der Waals surface area contributed by atoms with Gasteiger partial charge in [-0.05, 0) is 23.8 Å². The lowest BCUT2D eigenvalue weighted by atomic mass is 9.98. The predicted molar refractivity (Wildman–Crippen MR) is 66.1 cm³/mol. The van der Waals surface area contributed by atoms with Crippen LogP contribution in [0.4, 0.5) is 0 Å². The molecule has 0 amide bonds. The van der Waals surface area contributed by atoms with Gasteiger partial charge in [-0.2, -0.15) is 5.26 Å². The van der Waals surface area contributed by atoms with Gasteiger partial charge in [-0.3, -0.25) is 5.32 Å². The van der Waals surface area contributed by atoms with E-state index in [0.717, 1.165) is 18.4 Å². The normalized spacial score (nSPS) is 20.3. The maximum Gasteiger partial charge on any atom is 0.101 e. The molecular formula is C14H18N2O. The predicted octanol–water partition coefficient (Wildman–Crippen LogP) is 2.00. The third-order valence-electron chi connectivity index (χ3n) is 3.62. The van der Waals surface area contributed by atoms with Crippen LogP contribution >= 0.6 is 0 Å². The molecule has 1 aliphatic rings. The van der Waals surface area contributed by atoms with E-state index >= 15 is 0 Å². The fourth-order valence-corrected chi connectivity index (χ4v) is 2.02. The summed E-state index contributed by atoms with van der Waals surface area (Å²) in [6.07, 6.45) is 2.18. The van der Waals surface area contributed by atoms with Gasteiger partial charge in [0.15, 0.2) is 0 Å². The Balaban J connectivity index is 2.08. The van der Waals surface area contributed by atoms with E-state index in [2.05, 4.69) is 18.3 Å². The van der Waals surface area contributed by atoms with Gasteiger partial charge in [0, 0.05) is 0 Å². The van der Waals surface area contributed by atoms with Gasteiger partial charge in [-0.15, -0.1) is 0 Å². The molecule has 2 rings (SSSR count). The number of nitriles is 1. The first kappa shape index (κ1) is 12.1. The van der Waals surface area contributed by atoms with Crippen LogP contribution in [-0.4, -0.2) is 17.8 Å². The molecule has 1 aliphatic carbocycles. The monoisotopic (exact) mass is 230 g/mol. The summed E-state index contributed by atoms with van der Waals surface area (Å²) in [4.78, 5) is 0. The van der Waals surface area contributed by atoms with Crippen molar-refractivity contribution in [1.29, 1.82) is 5.26 Å². The van der Waals surface area contributed by atoms with E-state index in [1.54, 1.807) is 0 Å². The van der Waals surface area contributed by atoms with Gasteiger partial charge in [0.25, 0.3) is 0 Å². The van der Waals surface area contributed by atoms with Crippen LogP contribution in [0, 0.1) is 16.7 Å². The average molecular weight is 230 g/mol. The molecule has 2 atom stereocenters. The highest BCUT2D eigenvalue weighted by Gasteiger charge is 2.45. The summed E-state index contributed by atoms with van der Waals surface area (Å²) < 4.78 is 0. The van der Waals surface area contributed by atoms with Gasteiger partial charge in [0.2, 0.25) is 0 Å². The highest BCUT2D eigenvalue weighted by molar-refractivity contribution is 5.21. The molecule has 90 valence electrons. The number of aliphatic hydroxyl groups excluding tert-OH is 1. The molecule has 0 heterocycles. The van der Waals surface area contributed by atoms with Gasteiger partial charge >= 0.3 is 0 Å². The van der Waals surface area contributed by atoms with Crippen molar-refractivity contribution < 1.29 is 5.11 Å². The van der Waals surface area contributed by atoms with E-state index in [1.807, 2.05) is 30.3 Å². The highest BCUT2D eigenvalue weighted by Crippen LogP contribution is 2.48. The lowest BCUT2D eigenvalue weighted by molar-refractivity contribution is 0.227. The zero-order valence-electron chi connectivity index (χ0n) is 10.1. The standard InChI is InChI=1S/C14H18N2O/c1-14(7-8-14)13(9-15)16-12(10-17)11-5-3-2-4-6-11/h2-6,12-13,16-17H,7-8,10H2,1H3. The molecular weight excluding hydrogens is 212 g/mol. The summed E-state index contributed by atoms with van der Waals surface area (Å²) in [7, 11) is 0. The topological polar surface area (TPSA) is 56.0 Å². The second-order valence-electron chi connectivity index (χ2n) is 5.03. The lowest BCUT2D eigenvalue weighted by Crippen LogP contribution is -2.39. The molecule has 2 N–H and O–H groups in total. The van der Waals surface area contributed by atoms with Crippen LogP contribution in [-0.2, 0) is 0 Å². The Morgan fingerprint density at radius 3 is 2.53 bits per heavy atom. The van der Waals surface area contributed by atoms with E-state index in [9.17, 15) is 10.4 Å². The van der Waals surface area contributed by atoms with Crippen molar-refractivity contribution in [2.24, 2.45) is 5.41 Å². The van der Waals surface area contributed by atoms with Crippen LogP contribution < -0.4 is 5.32 Å². The largest absolute Gasteiger partial charge is 0.394 e. The third kappa shape index (κ3) is 2.66. The summed E-state index contributed by atoms with van der Waals surface area (Å²) in [5.74, 6) is 0. The van der Waals surface area contributed by atoms with E-state index in [0.29, 0.717) is 0 Å². The SMILES string of the molecule is CC1(C(C#N)NC(CO)c2ccccc2)CC1. The van der Waals surface area contributed by atoms with Gasteiger partial charge in [-0.25, -0.2) is 0 Å². The smallest absolute Gasteiger partial charge is 0.101 e. The van der Waals surface area contributed by atoms with Gasteiger partial charge in [-0.1, -0.05) is 37.3 Å². The number of hydrogen-bond acceptors (Lipinski definition) is 3. The van der Waals surface area contributed by atoms with Crippen molar-refractivity contribution in [2.45, 2.75) is 31.8 Å². The molecule has 0 bridgehead atoms. The molecule has 1 aromatic rings. The molecule has 0 aromatic heterocycles. The van der Waals surface area contributed by atoms with E-state index in [1.165, 1.54) is 0 Å². The maximum absolute atomic E-state index is 9.44. The van der Waals surface area contributed by atoms with Crippen LogP contribution in [0.3, 0.4) is 0 Å². The Morgan fingerprint density at radius 2 is 2.06 bits per heavy atom. The molecule has 3 heteroatoms. The molecule has 0 saturated heterocycles. The van der Waals surface area contributed by atoms with Crippen LogP contribution in [0.2, 0.25) is 0 Å². The summed E-state index contributed by atoms with van der Waals surface area (Å²) in [6, 6.07) is 11.8. The fraction of sp³-hybridized carbons (Fsp3) is 0.500. The number of aliphatic hydroxyl groups is 1. The van der Waals surface area contributed by atoms with Crippen molar-refractivity contribution in [2.75, 3.05) is 6.61 Å². The van der Waals surface area contributed by atoms with Gasteiger partial charge in [0.1, 0.15) is 6.04 Å². The quantitative estimate of drug-likeness (QED) is 0.813. The third-order valence-corrected chi connectivity index (χ3v) is 3.62. The van der Waals surface area contributed by atoms with Crippen molar-refractivity contribution in [3.05, 3.63) is 35.9 Å². The minimum absolute atomic E-state index is 0.0122. The Morgan fingerprint density at radius 1 is 1.41 bits per heavy atom. The molecule has 1 aromatic carbocycles. The molecule has 1 saturated carbocycles. The number of rotatable bonds is 5. The minimum atomic E-state index is -0.181. The Kier molecular flexibility index (Phi) is 3.46. The first-order valence-corrected chi connectivity index (χ1v) is 6.01. The van der Waals surface area contributed by atoms with Crippen LogP contribution in [0.1, 0.15) is 31.4 Å². The Labute approximate surface area is 102 Å². The molecule has 3 nitrogen and oxygen atoms in total. The second kappa shape index (κ2) is 4.87. The lowest BCUT2D eigenvalue weighted by Gasteiger charge is -2.24. The molecule has 0 radical (unpaired) electrons. The van der Waals surface area contributed by atoms with E-state index < -0.39 is 0 Å². The summed E-state index contributed by atoms with van der Waals surface area (Å²) in [5.41, 5.74) is 1.12. The summed E-state index contributed by atoms with van der Waals surface area (Å²) in [5, 5.41) is 21.9. The first-order chi connectivity index (χ1) is 8.19. The average Bonchev–Trinajstić information content (AvgIpc) is 3.11. The summed E-state index contributed by atoms with van der Waals surface area (Å²) in [6.45, 7) is 2.13. The van der Waals surface area contributed by atoms with E-state index in [-0.39, 0.29) is 24.1 Å². The van der Waals surface area contributed by atoms with Crippen molar-refractivity contribution in [1.82, 2.24) is 5.32 Å². The van der Waals surface area contributed by atoms with Crippen LogP contribution in [0.15, 0.2) is 30.3 Å². The summed E-state index contributed by atoms with van der Waals surface area (Å²) >= 11 is 0. The van der Waals surface area contributed by atoms with Gasteiger partial charge < -0.3 is 5.11 Å². The van der Waals surface area contributed by atoms with Crippen LogP contribution in [0.25, 0.3) is 0 Å². The molecule has 17 heavy (non-hydrogen) atoms. The molecule has 2 unspecified atom stereocenters. The van der Waals surface area contributed by atoms with Crippen molar-refractivity contribution >= 4 is 0 Å². The minimum Gasteiger partial charge on any atom is -0.394 e. The number of hydrogen-bond donors (Lipinski definition) is 2. The van der Waals surface area contributed by atoms with E-state index in [4.69, 9.17) is 0 Å². The first-order valence-electron chi connectivity index (χ1n) is 6.01. The fourth-order valence-electron chi connectivity index (χ4n) is 2.02. The molecule has 1 fully saturated rings. The second-order valence-corrected chi connectivity index (χ2v) is 5.03.